The first-order valence-corrected chi connectivity index (χ1v) is 11.0. The van der Waals surface area contributed by atoms with Crippen LogP contribution < -0.4 is 14.8 Å². The lowest BCUT2D eigenvalue weighted by molar-refractivity contribution is 0.00786. The minimum atomic E-state index is -3.16. The summed E-state index contributed by atoms with van der Waals surface area (Å²) < 4.78 is 26.4. The predicted octanol–water partition coefficient (Wildman–Crippen LogP) is 4.95. The third-order valence-corrected chi connectivity index (χ3v) is 9.74. The van der Waals surface area contributed by atoms with Crippen molar-refractivity contribution in [1.29, 1.82) is 0 Å². The molecule has 1 N–H and O–H groups in total. The van der Waals surface area contributed by atoms with E-state index >= 15 is 0 Å². The standard InChI is InChI=1S/C22H29O4P/c1-14-10-8-12-16(25-7)18(14)15-11-9-13-17-19(15)27(24,21(2,3)4)20(26-17)22(5,6)23/h8-13,20,23H,1-7H3/t20-,27+/m0/s1. The lowest BCUT2D eigenvalue weighted by Crippen LogP contribution is -2.42. The second kappa shape index (κ2) is 6.39. The van der Waals surface area contributed by atoms with Gasteiger partial charge in [0.15, 0.2) is 13.0 Å². The highest BCUT2D eigenvalue weighted by molar-refractivity contribution is 7.74. The summed E-state index contributed by atoms with van der Waals surface area (Å²) in [5, 5.41) is 10.9. The van der Waals surface area contributed by atoms with Crippen LogP contribution in [-0.2, 0) is 4.57 Å². The van der Waals surface area contributed by atoms with E-state index in [1.54, 1.807) is 21.0 Å². The van der Waals surface area contributed by atoms with Gasteiger partial charge in [0.1, 0.15) is 17.1 Å². The van der Waals surface area contributed by atoms with Crippen LogP contribution in [0.4, 0.5) is 0 Å². The van der Waals surface area contributed by atoms with E-state index in [1.165, 1.54) is 0 Å². The molecule has 0 unspecified atom stereocenters. The fourth-order valence-electron chi connectivity index (χ4n) is 3.91. The Labute approximate surface area is 161 Å². The molecule has 4 nitrogen and oxygen atoms in total. The number of aliphatic hydroxyl groups is 1. The highest BCUT2D eigenvalue weighted by Gasteiger charge is 2.58. The van der Waals surface area contributed by atoms with E-state index in [-0.39, 0.29) is 0 Å². The minimum absolute atomic E-state index is 0.574. The average molecular weight is 388 g/mol. The van der Waals surface area contributed by atoms with E-state index in [9.17, 15) is 9.67 Å². The van der Waals surface area contributed by atoms with Crippen LogP contribution in [0.1, 0.15) is 40.2 Å². The molecule has 1 aliphatic rings. The highest BCUT2D eigenvalue weighted by Crippen LogP contribution is 2.69. The van der Waals surface area contributed by atoms with Crippen molar-refractivity contribution in [3.8, 4) is 22.6 Å². The second-order valence-corrected chi connectivity index (χ2v) is 12.3. The molecule has 1 heterocycles. The normalized spacial score (nSPS) is 22.3. The first kappa shape index (κ1) is 20.0. The fraction of sp³-hybridized carbons (Fsp3) is 0.455. The first-order valence-electron chi connectivity index (χ1n) is 9.19. The van der Waals surface area contributed by atoms with Crippen molar-refractivity contribution in [3.05, 3.63) is 42.0 Å². The molecule has 0 aromatic heterocycles. The molecule has 3 rings (SSSR count). The summed E-state index contributed by atoms with van der Waals surface area (Å²) in [6.45, 7) is 11.2. The molecule has 0 saturated carbocycles. The Morgan fingerprint density at radius 2 is 1.70 bits per heavy atom. The predicted molar refractivity (Wildman–Crippen MR) is 111 cm³/mol. The van der Waals surface area contributed by atoms with Crippen molar-refractivity contribution in [2.45, 2.75) is 58.1 Å². The van der Waals surface area contributed by atoms with E-state index in [1.807, 2.05) is 64.1 Å². The number of ether oxygens (including phenoxy) is 2. The maximum atomic E-state index is 14.6. The Bertz CT molecular complexity index is 919. The monoisotopic (exact) mass is 388 g/mol. The van der Waals surface area contributed by atoms with Crippen molar-refractivity contribution in [1.82, 2.24) is 0 Å². The van der Waals surface area contributed by atoms with Gasteiger partial charge in [-0.1, -0.05) is 45.0 Å². The zero-order chi connectivity index (χ0) is 20.2. The van der Waals surface area contributed by atoms with Crippen LogP contribution in [-0.4, -0.2) is 28.8 Å². The molecule has 0 aliphatic carbocycles. The highest BCUT2D eigenvalue weighted by atomic mass is 31.2. The zero-order valence-electron chi connectivity index (χ0n) is 17.2. The summed E-state index contributed by atoms with van der Waals surface area (Å²) in [7, 11) is -1.52. The van der Waals surface area contributed by atoms with Crippen LogP contribution >= 0.6 is 7.14 Å². The van der Waals surface area contributed by atoms with Gasteiger partial charge in [-0.15, -0.1) is 0 Å². The van der Waals surface area contributed by atoms with E-state index < -0.39 is 23.7 Å². The Hall–Kier alpha value is -1.77. The molecule has 0 radical (unpaired) electrons. The summed E-state index contributed by atoms with van der Waals surface area (Å²) in [6, 6.07) is 11.6. The van der Waals surface area contributed by atoms with Crippen molar-refractivity contribution in [2.24, 2.45) is 0 Å². The zero-order valence-corrected chi connectivity index (χ0v) is 18.1. The van der Waals surface area contributed by atoms with Gasteiger partial charge in [0.2, 0.25) is 0 Å². The summed E-state index contributed by atoms with van der Waals surface area (Å²) >= 11 is 0. The van der Waals surface area contributed by atoms with Crippen molar-refractivity contribution >= 4 is 12.4 Å². The quantitative estimate of drug-likeness (QED) is 0.756. The molecule has 27 heavy (non-hydrogen) atoms. The van der Waals surface area contributed by atoms with Gasteiger partial charge < -0.3 is 19.1 Å². The summed E-state index contributed by atoms with van der Waals surface area (Å²) in [5.41, 5.74) is 1.57. The average Bonchev–Trinajstić information content (AvgIpc) is 2.89. The Kier molecular flexibility index (Phi) is 4.73. The summed E-state index contributed by atoms with van der Waals surface area (Å²) in [6.07, 6.45) is 0. The van der Waals surface area contributed by atoms with Gasteiger partial charge in [0, 0.05) is 16.3 Å². The van der Waals surface area contributed by atoms with Gasteiger partial charge in [-0.05, 0) is 38.5 Å². The first-order chi connectivity index (χ1) is 12.4. The molecule has 0 amide bonds. The molecule has 1 aliphatic heterocycles. The molecule has 146 valence electrons. The molecule has 0 spiro atoms. The largest absolute Gasteiger partial charge is 0.496 e. The topological polar surface area (TPSA) is 55.8 Å². The van der Waals surface area contributed by atoms with Crippen molar-refractivity contribution < 1.29 is 19.1 Å². The number of benzene rings is 2. The number of fused-ring (bicyclic) bond motifs is 1. The molecule has 2 aromatic rings. The van der Waals surface area contributed by atoms with Crippen LogP contribution in [0.15, 0.2) is 36.4 Å². The van der Waals surface area contributed by atoms with Crippen LogP contribution in [0.5, 0.6) is 11.5 Å². The number of hydrogen-bond donors (Lipinski definition) is 1. The molecule has 0 bridgehead atoms. The van der Waals surface area contributed by atoms with Gasteiger partial charge in [-0.2, -0.15) is 0 Å². The van der Waals surface area contributed by atoms with Crippen molar-refractivity contribution in [2.75, 3.05) is 7.11 Å². The van der Waals surface area contributed by atoms with Gasteiger partial charge in [0.05, 0.1) is 12.4 Å². The summed E-state index contributed by atoms with van der Waals surface area (Å²) in [5.74, 6) is 0.523. The van der Waals surface area contributed by atoms with Gasteiger partial charge >= 0.3 is 0 Å². The Morgan fingerprint density at radius 3 is 2.26 bits per heavy atom. The Balaban J connectivity index is 2.39. The second-order valence-electron chi connectivity index (χ2n) is 8.76. The summed E-state index contributed by atoms with van der Waals surface area (Å²) in [4.78, 5) is 0. The third kappa shape index (κ3) is 2.99. The molecular weight excluding hydrogens is 359 g/mol. The van der Waals surface area contributed by atoms with Gasteiger partial charge in [0.25, 0.3) is 0 Å². The van der Waals surface area contributed by atoms with Gasteiger partial charge in [-0.25, -0.2) is 0 Å². The number of aryl methyl sites for hydroxylation is 1. The van der Waals surface area contributed by atoms with Crippen LogP contribution in [0, 0.1) is 6.92 Å². The van der Waals surface area contributed by atoms with E-state index in [2.05, 4.69) is 0 Å². The molecular formula is C22H29O4P. The SMILES string of the molecule is COc1cccc(C)c1-c1cccc2c1[P@](=O)(C(C)(C)C)[C@@H](C(C)(C)O)O2. The van der Waals surface area contributed by atoms with E-state index in [0.29, 0.717) is 11.1 Å². The van der Waals surface area contributed by atoms with E-state index in [0.717, 1.165) is 22.4 Å². The fourth-order valence-corrected chi connectivity index (χ4v) is 7.67. The lowest BCUT2D eigenvalue weighted by Gasteiger charge is -2.37. The number of rotatable bonds is 3. The third-order valence-electron chi connectivity index (χ3n) is 5.22. The lowest BCUT2D eigenvalue weighted by atomic mass is 9.99. The number of methoxy groups -OCH3 is 1. The smallest absolute Gasteiger partial charge is 0.183 e. The minimum Gasteiger partial charge on any atom is -0.496 e. The van der Waals surface area contributed by atoms with Crippen LogP contribution in [0.3, 0.4) is 0 Å². The Morgan fingerprint density at radius 1 is 1.07 bits per heavy atom. The molecule has 2 atom stereocenters. The van der Waals surface area contributed by atoms with E-state index in [4.69, 9.17) is 9.47 Å². The van der Waals surface area contributed by atoms with Crippen molar-refractivity contribution in [3.63, 3.8) is 0 Å². The number of hydrogen-bond acceptors (Lipinski definition) is 4. The van der Waals surface area contributed by atoms with Crippen LogP contribution in [0.25, 0.3) is 11.1 Å². The molecule has 0 saturated heterocycles. The maximum absolute atomic E-state index is 14.6. The van der Waals surface area contributed by atoms with Gasteiger partial charge in [-0.3, -0.25) is 0 Å². The molecule has 2 aromatic carbocycles. The van der Waals surface area contributed by atoms with Crippen LogP contribution in [0.2, 0.25) is 0 Å². The molecule has 5 heteroatoms. The maximum Gasteiger partial charge on any atom is 0.183 e. The molecule has 0 fully saturated rings.